The third kappa shape index (κ3) is 8.93. The van der Waals surface area contributed by atoms with Crippen molar-refractivity contribution in [1.29, 1.82) is 0 Å². The summed E-state index contributed by atoms with van der Waals surface area (Å²) in [4.78, 5) is 15.7. The van der Waals surface area contributed by atoms with Crippen LogP contribution in [0.5, 0.6) is 0 Å². The minimum absolute atomic E-state index is 0.00339. The van der Waals surface area contributed by atoms with Crippen molar-refractivity contribution in [1.82, 2.24) is 5.01 Å². The average Bonchev–Trinajstić information content (AvgIpc) is 2.82. The summed E-state index contributed by atoms with van der Waals surface area (Å²) in [5.41, 5.74) is 0.242. The van der Waals surface area contributed by atoms with E-state index in [2.05, 4.69) is 22.6 Å². The van der Waals surface area contributed by atoms with E-state index >= 15 is 0 Å². The van der Waals surface area contributed by atoms with Crippen molar-refractivity contribution < 1.29 is 23.1 Å². The van der Waals surface area contributed by atoms with E-state index in [4.69, 9.17) is 6.42 Å². The number of aliphatic carboxylic acids is 1. The summed E-state index contributed by atoms with van der Waals surface area (Å²) < 4.78 is 41.0. The van der Waals surface area contributed by atoms with Gasteiger partial charge in [0.05, 0.1) is 22.4 Å². The normalized spacial score (nSPS) is 14.1. The zero-order valence-electron chi connectivity index (χ0n) is 20.6. The number of unbranched alkanes of at least 4 members (excludes halogenated alkanes) is 1. The summed E-state index contributed by atoms with van der Waals surface area (Å²) in [6, 6.07) is 3.95. The number of carboxylic acid groups (broad SMARTS) is 1. The lowest BCUT2D eigenvalue weighted by Gasteiger charge is -2.20. The van der Waals surface area contributed by atoms with E-state index in [0.717, 1.165) is 23.9 Å². The summed E-state index contributed by atoms with van der Waals surface area (Å²) >= 11 is 0. The van der Waals surface area contributed by atoms with E-state index in [-0.39, 0.29) is 17.1 Å². The molecule has 1 aromatic carbocycles. The van der Waals surface area contributed by atoms with Gasteiger partial charge in [0.15, 0.2) is 0 Å². The van der Waals surface area contributed by atoms with Gasteiger partial charge in [0.2, 0.25) is 0 Å². The molecule has 1 N–H and O–H groups in total. The Morgan fingerprint density at radius 1 is 1.31 bits per heavy atom. The number of nitrogens with zero attached hydrogens (tertiary/aromatic N) is 3. The second kappa shape index (κ2) is 14.0. The van der Waals surface area contributed by atoms with Crippen molar-refractivity contribution in [3.05, 3.63) is 71.2 Å². The van der Waals surface area contributed by atoms with Crippen molar-refractivity contribution in [3.63, 3.8) is 0 Å². The molecule has 1 unspecified atom stereocenters. The van der Waals surface area contributed by atoms with E-state index < -0.39 is 17.7 Å². The predicted molar refractivity (Wildman–Crippen MR) is 135 cm³/mol. The minimum Gasteiger partial charge on any atom is -0.478 e. The molecule has 1 rings (SSSR count). The van der Waals surface area contributed by atoms with Crippen LogP contribution in [0.25, 0.3) is 0 Å². The highest BCUT2D eigenvalue weighted by molar-refractivity contribution is 6.02. The Morgan fingerprint density at radius 3 is 2.49 bits per heavy atom. The molecule has 0 aliphatic carbocycles. The maximum absolute atomic E-state index is 13.7. The van der Waals surface area contributed by atoms with Gasteiger partial charge in [-0.3, -0.25) is 4.99 Å². The van der Waals surface area contributed by atoms with Gasteiger partial charge in [-0.05, 0) is 55.5 Å². The van der Waals surface area contributed by atoms with Gasteiger partial charge >= 0.3 is 12.1 Å². The minimum atomic E-state index is -4.52. The molecule has 1 atom stereocenters. The Morgan fingerprint density at radius 2 is 2.00 bits per heavy atom. The Labute approximate surface area is 205 Å². The fraction of sp³-hybridized carbons (Fsp3) is 0.370. The highest BCUT2D eigenvalue weighted by Crippen LogP contribution is 2.32. The number of hydrogen-bond donors (Lipinski definition) is 1. The SMILES string of the molecule is C#CC(=C\N=CC)/C(=C\N(C=C)/N=C(/c1cc(CCCC)cc(C(F)(F)F)c1)C(C)CC)C(=O)O. The van der Waals surface area contributed by atoms with E-state index in [1.807, 2.05) is 20.8 Å². The van der Waals surface area contributed by atoms with Gasteiger partial charge in [-0.1, -0.05) is 39.7 Å². The number of aliphatic imine (C=N–C) groups is 1. The second-order valence-electron chi connectivity index (χ2n) is 7.82. The van der Waals surface area contributed by atoms with Gasteiger partial charge in [-0.15, -0.1) is 6.42 Å². The number of rotatable bonds is 12. The fourth-order valence-electron chi connectivity index (χ4n) is 3.12. The van der Waals surface area contributed by atoms with Crippen LogP contribution in [-0.2, 0) is 17.4 Å². The number of hydrogen-bond acceptors (Lipinski definition) is 4. The van der Waals surface area contributed by atoms with Crippen LogP contribution in [0.4, 0.5) is 13.2 Å². The largest absolute Gasteiger partial charge is 0.478 e. The first-order valence-electron chi connectivity index (χ1n) is 11.3. The molecule has 8 heteroatoms. The number of benzene rings is 1. The molecule has 0 radical (unpaired) electrons. The highest BCUT2D eigenvalue weighted by Gasteiger charge is 2.32. The number of carbonyl (C=O) groups is 1. The Kier molecular flexibility index (Phi) is 11.7. The van der Waals surface area contributed by atoms with Gasteiger partial charge in [-0.2, -0.15) is 18.3 Å². The molecule has 0 spiro atoms. The lowest BCUT2D eigenvalue weighted by atomic mass is 9.92. The van der Waals surface area contributed by atoms with Crippen molar-refractivity contribution in [2.45, 2.75) is 59.6 Å². The number of alkyl halides is 3. The molecular formula is C27H32F3N3O2. The molecule has 0 amide bonds. The quantitative estimate of drug-likeness (QED) is 0.116. The van der Waals surface area contributed by atoms with Crippen LogP contribution in [0.2, 0.25) is 0 Å². The van der Waals surface area contributed by atoms with Crippen molar-refractivity contribution >= 4 is 17.9 Å². The molecule has 0 aliphatic heterocycles. The maximum Gasteiger partial charge on any atom is 0.416 e. The predicted octanol–water partition coefficient (Wildman–Crippen LogP) is 6.82. The Hall–Kier alpha value is -3.60. The first-order chi connectivity index (χ1) is 16.5. The molecule has 5 nitrogen and oxygen atoms in total. The second-order valence-corrected chi connectivity index (χ2v) is 7.82. The van der Waals surface area contributed by atoms with Crippen molar-refractivity contribution in [2.24, 2.45) is 16.0 Å². The van der Waals surface area contributed by atoms with Crippen LogP contribution >= 0.6 is 0 Å². The smallest absolute Gasteiger partial charge is 0.416 e. The zero-order valence-corrected chi connectivity index (χ0v) is 20.6. The van der Waals surface area contributed by atoms with Crippen LogP contribution in [0.15, 0.2) is 64.6 Å². The van der Waals surface area contributed by atoms with E-state index in [1.54, 1.807) is 13.0 Å². The molecule has 0 fully saturated rings. The van der Waals surface area contributed by atoms with Crippen LogP contribution in [0, 0.1) is 18.3 Å². The Balaban J connectivity index is 3.76. The topological polar surface area (TPSA) is 65.3 Å². The van der Waals surface area contributed by atoms with E-state index in [1.165, 1.54) is 30.9 Å². The number of halogens is 3. The number of aryl methyl sites for hydroxylation is 1. The van der Waals surface area contributed by atoms with Crippen molar-refractivity contribution in [2.75, 3.05) is 0 Å². The molecule has 0 heterocycles. The van der Waals surface area contributed by atoms with Gasteiger partial charge in [0.25, 0.3) is 0 Å². The van der Waals surface area contributed by atoms with Gasteiger partial charge in [0, 0.05) is 30.7 Å². The summed E-state index contributed by atoms with van der Waals surface area (Å²) in [6.07, 6.45) is 8.75. The van der Waals surface area contributed by atoms with Crippen LogP contribution in [0.3, 0.4) is 0 Å². The summed E-state index contributed by atoms with van der Waals surface area (Å²) in [7, 11) is 0. The number of carboxylic acids is 1. The standard InChI is InChI=1S/C27H32F3N3O2/c1-7-12-13-20-14-22(16-23(15-20)27(28,29)30)25(19(6)8-2)32-33(11-5)18-24(26(34)35)21(9-3)17-31-10-4/h3,10-11,14-19H,5,7-8,12-13H2,1-2,4,6H3,(H,34,35)/b21-17+,24-18+,31-10?,32-25+. The van der Waals surface area contributed by atoms with Crippen LogP contribution in [0.1, 0.15) is 63.6 Å². The van der Waals surface area contributed by atoms with Gasteiger partial charge < -0.3 is 5.11 Å². The molecule has 0 aromatic heterocycles. The number of hydrazone groups is 1. The maximum atomic E-state index is 13.7. The lowest BCUT2D eigenvalue weighted by Crippen LogP contribution is -2.19. The molecule has 0 saturated carbocycles. The highest BCUT2D eigenvalue weighted by atomic mass is 19.4. The summed E-state index contributed by atoms with van der Waals surface area (Å²) in [5.74, 6) is 0.742. The van der Waals surface area contributed by atoms with Crippen molar-refractivity contribution in [3.8, 4) is 12.3 Å². The fourth-order valence-corrected chi connectivity index (χ4v) is 3.12. The first-order valence-corrected chi connectivity index (χ1v) is 11.3. The van der Waals surface area contributed by atoms with Gasteiger partial charge in [-0.25, -0.2) is 9.80 Å². The van der Waals surface area contributed by atoms with E-state index in [0.29, 0.717) is 29.7 Å². The molecule has 0 saturated heterocycles. The molecular weight excluding hydrogens is 455 g/mol. The molecule has 35 heavy (non-hydrogen) atoms. The van der Waals surface area contributed by atoms with Crippen LogP contribution < -0.4 is 0 Å². The summed E-state index contributed by atoms with van der Waals surface area (Å²) in [6.45, 7) is 11.0. The molecule has 0 bridgehead atoms. The van der Waals surface area contributed by atoms with Crippen LogP contribution in [-0.4, -0.2) is 28.0 Å². The van der Waals surface area contributed by atoms with E-state index in [9.17, 15) is 23.1 Å². The summed E-state index contributed by atoms with van der Waals surface area (Å²) in [5, 5.41) is 15.3. The first kappa shape index (κ1) is 29.4. The molecule has 188 valence electrons. The Bertz CT molecular complexity index is 1060. The lowest BCUT2D eigenvalue weighted by molar-refractivity contribution is -0.137. The third-order valence-electron chi connectivity index (χ3n) is 5.21. The third-order valence-corrected chi connectivity index (χ3v) is 5.21. The molecule has 1 aromatic rings. The zero-order chi connectivity index (χ0) is 26.6. The van der Waals surface area contributed by atoms with Gasteiger partial charge in [0.1, 0.15) is 0 Å². The molecule has 0 aliphatic rings. The average molecular weight is 488 g/mol. The number of terminal acetylenes is 1. The monoisotopic (exact) mass is 487 g/mol.